The summed E-state index contributed by atoms with van der Waals surface area (Å²) >= 11 is 0. The molecule has 23 heavy (non-hydrogen) atoms. The van der Waals surface area contributed by atoms with Gasteiger partial charge in [0.05, 0.1) is 4.90 Å². The molecule has 0 aliphatic heterocycles. The van der Waals surface area contributed by atoms with E-state index in [1.165, 1.54) is 0 Å². The smallest absolute Gasteiger partial charge is 0.262 e. The van der Waals surface area contributed by atoms with E-state index in [1.807, 2.05) is 31.2 Å². The molecule has 0 heterocycles. The summed E-state index contributed by atoms with van der Waals surface area (Å²) in [6.07, 6.45) is 0. The van der Waals surface area contributed by atoms with Gasteiger partial charge in [0.1, 0.15) is 0 Å². The van der Waals surface area contributed by atoms with Crippen molar-refractivity contribution < 1.29 is 8.42 Å². The zero-order valence-electron chi connectivity index (χ0n) is 14.1. The zero-order chi connectivity index (χ0) is 17.0. The van der Waals surface area contributed by atoms with Crippen LogP contribution in [0.1, 0.15) is 25.0 Å². The lowest BCUT2D eigenvalue weighted by Crippen LogP contribution is -2.21. The lowest BCUT2D eigenvalue weighted by Gasteiger charge is -2.21. The molecular formula is C18H24N2O2S. The van der Waals surface area contributed by atoms with E-state index in [1.54, 1.807) is 25.1 Å². The molecule has 4 nitrogen and oxygen atoms in total. The van der Waals surface area contributed by atoms with Crippen molar-refractivity contribution in [3.05, 3.63) is 53.6 Å². The van der Waals surface area contributed by atoms with Crippen LogP contribution in [0.4, 0.5) is 11.4 Å². The fourth-order valence-electron chi connectivity index (χ4n) is 2.54. The Balaban J connectivity index is 2.25. The molecule has 0 spiro atoms. The monoisotopic (exact) mass is 332 g/mol. The van der Waals surface area contributed by atoms with Gasteiger partial charge in [-0.05, 0) is 69.2 Å². The Kier molecular flexibility index (Phi) is 5.31. The van der Waals surface area contributed by atoms with Crippen molar-refractivity contribution in [3.63, 3.8) is 0 Å². The maximum Gasteiger partial charge on any atom is 0.262 e. The largest absolute Gasteiger partial charge is 0.372 e. The summed E-state index contributed by atoms with van der Waals surface area (Å²) in [6.45, 7) is 9.73. The summed E-state index contributed by atoms with van der Waals surface area (Å²) in [5, 5.41) is 0. The van der Waals surface area contributed by atoms with Crippen molar-refractivity contribution in [2.24, 2.45) is 0 Å². The van der Waals surface area contributed by atoms with Gasteiger partial charge >= 0.3 is 0 Å². The first-order valence-corrected chi connectivity index (χ1v) is 9.30. The number of benzene rings is 2. The SMILES string of the molecule is CCN(CC)c1ccc(NS(=O)(=O)c2cc(C)ccc2C)cc1. The molecule has 0 unspecified atom stereocenters. The van der Waals surface area contributed by atoms with Gasteiger partial charge in [-0.15, -0.1) is 0 Å². The van der Waals surface area contributed by atoms with Crippen molar-refractivity contribution in [1.82, 2.24) is 0 Å². The molecule has 0 bridgehead atoms. The van der Waals surface area contributed by atoms with Crippen LogP contribution in [0.3, 0.4) is 0 Å². The fourth-order valence-corrected chi connectivity index (χ4v) is 3.93. The highest BCUT2D eigenvalue weighted by atomic mass is 32.2. The number of hydrogen-bond acceptors (Lipinski definition) is 3. The quantitative estimate of drug-likeness (QED) is 0.871. The van der Waals surface area contributed by atoms with E-state index in [2.05, 4.69) is 23.5 Å². The molecule has 0 saturated heterocycles. The second-order valence-corrected chi connectivity index (χ2v) is 7.24. The maximum atomic E-state index is 12.6. The summed E-state index contributed by atoms with van der Waals surface area (Å²) < 4.78 is 27.8. The number of nitrogens with zero attached hydrogens (tertiary/aromatic N) is 1. The summed E-state index contributed by atoms with van der Waals surface area (Å²) in [5.41, 5.74) is 3.32. The highest BCUT2D eigenvalue weighted by molar-refractivity contribution is 7.92. The van der Waals surface area contributed by atoms with E-state index in [-0.39, 0.29) is 0 Å². The number of nitrogens with one attached hydrogen (secondary N) is 1. The summed E-state index contributed by atoms with van der Waals surface area (Å²) in [7, 11) is -3.57. The molecule has 0 atom stereocenters. The minimum Gasteiger partial charge on any atom is -0.372 e. The highest BCUT2D eigenvalue weighted by Crippen LogP contribution is 2.23. The Bertz CT molecular complexity index is 764. The lowest BCUT2D eigenvalue weighted by molar-refractivity contribution is 0.600. The first-order valence-electron chi connectivity index (χ1n) is 7.82. The van der Waals surface area contributed by atoms with E-state index in [0.717, 1.165) is 29.9 Å². The van der Waals surface area contributed by atoms with Crippen LogP contribution in [0.2, 0.25) is 0 Å². The Morgan fingerprint density at radius 2 is 1.57 bits per heavy atom. The first-order chi connectivity index (χ1) is 10.9. The predicted molar refractivity (Wildman–Crippen MR) is 96.7 cm³/mol. The van der Waals surface area contributed by atoms with Crippen LogP contribution in [-0.4, -0.2) is 21.5 Å². The van der Waals surface area contributed by atoms with Crippen molar-refractivity contribution in [3.8, 4) is 0 Å². The van der Waals surface area contributed by atoms with Crippen LogP contribution in [0.5, 0.6) is 0 Å². The Hall–Kier alpha value is -2.01. The van der Waals surface area contributed by atoms with Crippen LogP contribution in [0.25, 0.3) is 0 Å². The fraction of sp³-hybridized carbons (Fsp3) is 0.333. The van der Waals surface area contributed by atoms with Gasteiger partial charge in [0.25, 0.3) is 10.0 Å². The van der Waals surface area contributed by atoms with E-state index in [0.29, 0.717) is 10.6 Å². The van der Waals surface area contributed by atoms with E-state index >= 15 is 0 Å². The van der Waals surface area contributed by atoms with Gasteiger partial charge in [-0.3, -0.25) is 4.72 Å². The van der Waals surface area contributed by atoms with Crippen molar-refractivity contribution in [1.29, 1.82) is 0 Å². The molecular weight excluding hydrogens is 308 g/mol. The van der Waals surface area contributed by atoms with Crippen LogP contribution in [0, 0.1) is 13.8 Å². The standard InChI is InChI=1S/C18H24N2O2S/c1-5-20(6-2)17-11-9-16(10-12-17)19-23(21,22)18-13-14(3)7-8-15(18)4/h7-13,19H,5-6H2,1-4H3. The normalized spacial score (nSPS) is 11.3. The predicted octanol–water partition coefficient (Wildman–Crippen LogP) is 3.95. The minimum absolute atomic E-state index is 0.324. The molecule has 1 N–H and O–H groups in total. The average molecular weight is 332 g/mol. The first kappa shape index (κ1) is 17.3. The molecule has 0 aliphatic carbocycles. The Morgan fingerprint density at radius 3 is 2.13 bits per heavy atom. The second-order valence-electron chi connectivity index (χ2n) is 5.59. The van der Waals surface area contributed by atoms with Crippen LogP contribution < -0.4 is 9.62 Å². The molecule has 0 aliphatic rings. The Labute approximate surface area is 139 Å². The molecule has 5 heteroatoms. The van der Waals surface area contributed by atoms with E-state index < -0.39 is 10.0 Å². The zero-order valence-corrected chi connectivity index (χ0v) is 14.9. The summed E-state index contributed by atoms with van der Waals surface area (Å²) in [4.78, 5) is 2.54. The minimum atomic E-state index is -3.57. The Morgan fingerprint density at radius 1 is 0.957 bits per heavy atom. The van der Waals surface area contributed by atoms with Crippen LogP contribution in [0.15, 0.2) is 47.4 Å². The van der Waals surface area contributed by atoms with Gasteiger partial charge in [0, 0.05) is 24.5 Å². The van der Waals surface area contributed by atoms with E-state index in [9.17, 15) is 8.42 Å². The third kappa shape index (κ3) is 4.05. The molecule has 0 amide bonds. The molecule has 0 aromatic heterocycles. The highest BCUT2D eigenvalue weighted by Gasteiger charge is 2.17. The van der Waals surface area contributed by atoms with Gasteiger partial charge in [0.2, 0.25) is 0 Å². The maximum absolute atomic E-state index is 12.6. The van der Waals surface area contributed by atoms with E-state index in [4.69, 9.17) is 0 Å². The molecule has 0 radical (unpaired) electrons. The van der Waals surface area contributed by atoms with Crippen LogP contribution >= 0.6 is 0 Å². The summed E-state index contributed by atoms with van der Waals surface area (Å²) in [5.74, 6) is 0. The van der Waals surface area contributed by atoms with Crippen molar-refractivity contribution in [2.75, 3.05) is 22.7 Å². The molecule has 2 rings (SSSR count). The average Bonchev–Trinajstić information content (AvgIpc) is 2.52. The number of rotatable bonds is 6. The lowest BCUT2D eigenvalue weighted by atomic mass is 10.2. The molecule has 2 aromatic carbocycles. The number of hydrogen-bond donors (Lipinski definition) is 1. The number of anilines is 2. The van der Waals surface area contributed by atoms with Crippen molar-refractivity contribution >= 4 is 21.4 Å². The summed E-state index contributed by atoms with van der Waals surface area (Å²) in [6, 6.07) is 12.9. The third-order valence-corrected chi connectivity index (χ3v) is 5.40. The topological polar surface area (TPSA) is 49.4 Å². The van der Waals surface area contributed by atoms with Gasteiger partial charge in [0.15, 0.2) is 0 Å². The van der Waals surface area contributed by atoms with Crippen LogP contribution in [-0.2, 0) is 10.0 Å². The molecule has 0 fully saturated rings. The molecule has 2 aromatic rings. The van der Waals surface area contributed by atoms with Gasteiger partial charge in [-0.1, -0.05) is 12.1 Å². The third-order valence-electron chi connectivity index (χ3n) is 3.88. The number of sulfonamides is 1. The van der Waals surface area contributed by atoms with Gasteiger partial charge < -0.3 is 4.90 Å². The van der Waals surface area contributed by atoms with Gasteiger partial charge in [-0.2, -0.15) is 0 Å². The second kappa shape index (κ2) is 7.04. The molecule has 124 valence electrons. The van der Waals surface area contributed by atoms with Crippen molar-refractivity contribution in [2.45, 2.75) is 32.6 Å². The van der Waals surface area contributed by atoms with Gasteiger partial charge in [-0.25, -0.2) is 8.42 Å². The number of aryl methyl sites for hydroxylation is 2. The molecule has 0 saturated carbocycles.